The molecule has 0 aliphatic carbocycles. The maximum Gasteiger partial charge on any atom is 0.0991 e. The van der Waals surface area contributed by atoms with Crippen molar-refractivity contribution in [2.75, 3.05) is 24.5 Å². The van der Waals surface area contributed by atoms with Gasteiger partial charge in [-0.05, 0) is 61.6 Å². The van der Waals surface area contributed by atoms with E-state index in [0.29, 0.717) is 0 Å². The van der Waals surface area contributed by atoms with Crippen LogP contribution in [0.1, 0.15) is 30.4 Å². The Morgan fingerprint density at radius 1 is 1.08 bits per heavy atom. The topological polar surface area (TPSA) is 52.0 Å². The van der Waals surface area contributed by atoms with Gasteiger partial charge in [-0.15, -0.1) is 0 Å². The van der Waals surface area contributed by atoms with Crippen LogP contribution in [0.5, 0.6) is 0 Å². The Labute approximate surface area is 144 Å². The van der Waals surface area contributed by atoms with Gasteiger partial charge in [-0.3, -0.25) is 4.98 Å². The lowest BCUT2D eigenvalue weighted by atomic mass is 9.93. The molecule has 0 unspecified atom stereocenters. The van der Waals surface area contributed by atoms with Gasteiger partial charge in [-0.2, -0.15) is 5.26 Å². The number of anilines is 1. The van der Waals surface area contributed by atoms with Crippen LogP contribution in [0, 0.1) is 17.2 Å². The molecule has 1 aliphatic rings. The number of hydrogen-bond acceptors (Lipinski definition) is 4. The third kappa shape index (κ3) is 4.56. The fourth-order valence-electron chi connectivity index (χ4n) is 3.27. The lowest BCUT2D eigenvalue weighted by Crippen LogP contribution is -2.34. The maximum atomic E-state index is 8.81. The van der Waals surface area contributed by atoms with Gasteiger partial charge in [0.1, 0.15) is 0 Å². The number of nitrogens with zero attached hydrogens (tertiary/aromatic N) is 3. The van der Waals surface area contributed by atoms with Gasteiger partial charge >= 0.3 is 0 Å². The van der Waals surface area contributed by atoms with Crippen LogP contribution in [0.2, 0.25) is 0 Å². The van der Waals surface area contributed by atoms with Crippen molar-refractivity contribution in [2.45, 2.75) is 25.8 Å². The lowest BCUT2D eigenvalue weighted by molar-refractivity contribution is 0.373. The molecule has 0 saturated carbocycles. The zero-order valence-electron chi connectivity index (χ0n) is 14.0. The van der Waals surface area contributed by atoms with Gasteiger partial charge in [0.2, 0.25) is 0 Å². The third-order valence-corrected chi connectivity index (χ3v) is 4.78. The van der Waals surface area contributed by atoms with Crippen molar-refractivity contribution in [3.8, 4) is 6.07 Å². The molecule has 0 amide bonds. The van der Waals surface area contributed by atoms with Gasteiger partial charge in [-0.1, -0.05) is 12.1 Å². The molecule has 124 valence electrons. The number of pyridine rings is 1. The molecule has 1 fully saturated rings. The smallest absolute Gasteiger partial charge is 0.0991 e. The van der Waals surface area contributed by atoms with Gasteiger partial charge in [0.05, 0.1) is 11.6 Å². The molecular formula is C20H24N4. The van der Waals surface area contributed by atoms with E-state index in [9.17, 15) is 0 Å². The minimum Gasteiger partial charge on any atom is -0.371 e. The molecule has 1 aromatic heterocycles. The van der Waals surface area contributed by atoms with E-state index in [2.05, 4.69) is 33.4 Å². The summed E-state index contributed by atoms with van der Waals surface area (Å²) in [6, 6.07) is 14.2. The minimum atomic E-state index is 0.722. The molecule has 4 nitrogen and oxygen atoms in total. The van der Waals surface area contributed by atoms with Crippen LogP contribution in [-0.4, -0.2) is 24.6 Å². The molecule has 4 heteroatoms. The van der Waals surface area contributed by atoms with Crippen molar-refractivity contribution in [1.82, 2.24) is 10.3 Å². The normalized spacial score (nSPS) is 15.2. The highest BCUT2D eigenvalue weighted by atomic mass is 15.1. The molecule has 0 atom stereocenters. The summed E-state index contributed by atoms with van der Waals surface area (Å²) in [5, 5.41) is 12.3. The number of nitrogens with one attached hydrogen (secondary N) is 1. The van der Waals surface area contributed by atoms with E-state index in [1.165, 1.54) is 30.5 Å². The number of aromatic nitrogens is 1. The summed E-state index contributed by atoms with van der Waals surface area (Å²) in [7, 11) is 0. The van der Waals surface area contributed by atoms with Crippen LogP contribution < -0.4 is 10.2 Å². The number of rotatable bonds is 6. The molecule has 1 saturated heterocycles. The highest BCUT2D eigenvalue weighted by Crippen LogP contribution is 2.24. The Bertz CT molecular complexity index is 652. The van der Waals surface area contributed by atoms with Gasteiger partial charge < -0.3 is 10.2 Å². The molecular weight excluding hydrogens is 296 g/mol. The Balaban J connectivity index is 1.34. The summed E-state index contributed by atoms with van der Waals surface area (Å²) < 4.78 is 0. The zero-order chi connectivity index (χ0) is 16.6. The number of nitriles is 1. The quantitative estimate of drug-likeness (QED) is 0.829. The van der Waals surface area contributed by atoms with E-state index < -0.39 is 0 Å². The molecule has 2 aromatic rings. The highest BCUT2D eigenvalue weighted by molar-refractivity contribution is 5.44. The van der Waals surface area contributed by atoms with Crippen molar-refractivity contribution in [3.63, 3.8) is 0 Å². The van der Waals surface area contributed by atoms with E-state index in [1.54, 1.807) is 0 Å². The van der Waals surface area contributed by atoms with Gasteiger partial charge in [0, 0.05) is 37.7 Å². The number of benzene rings is 1. The second-order valence-electron chi connectivity index (χ2n) is 6.41. The summed E-state index contributed by atoms with van der Waals surface area (Å²) >= 11 is 0. The predicted molar refractivity (Wildman–Crippen MR) is 96.7 cm³/mol. The van der Waals surface area contributed by atoms with Crippen LogP contribution in [0.25, 0.3) is 0 Å². The molecule has 1 N–H and O–H groups in total. The zero-order valence-corrected chi connectivity index (χ0v) is 14.0. The molecule has 24 heavy (non-hydrogen) atoms. The average molecular weight is 320 g/mol. The number of piperidine rings is 1. The van der Waals surface area contributed by atoms with E-state index in [0.717, 1.165) is 37.7 Å². The van der Waals surface area contributed by atoms with Crippen molar-refractivity contribution in [1.29, 1.82) is 5.26 Å². The van der Waals surface area contributed by atoms with Gasteiger partial charge in [0.25, 0.3) is 0 Å². The van der Waals surface area contributed by atoms with Crippen LogP contribution in [0.4, 0.5) is 5.69 Å². The fourth-order valence-corrected chi connectivity index (χ4v) is 3.27. The molecule has 1 aromatic carbocycles. The van der Waals surface area contributed by atoms with Crippen LogP contribution in [0.3, 0.4) is 0 Å². The molecule has 0 radical (unpaired) electrons. The van der Waals surface area contributed by atoms with Crippen molar-refractivity contribution >= 4 is 5.69 Å². The highest BCUT2D eigenvalue weighted by Gasteiger charge is 2.18. The predicted octanol–water partition coefficient (Wildman–Crippen LogP) is 3.35. The first kappa shape index (κ1) is 16.5. The van der Waals surface area contributed by atoms with Crippen LogP contribution in [-0.2, 0) is 6.54 Å². The number of hydrogen-bond donors (Lipinski definition) is 1. The van der Waals surface area contributed by atoms with Crippen LogP contribution >= 0.6 is 0 Å². The van der Waals surface area contributed by atoms with Gasteiger partial charge in [0.15, 0.2) is 0 Å². The second kappa shape index (κ2) is 8.47. The largest absolute Gasteiger partial charge is 0.371 e. The fraction of sp³-hybridized carbons (Fsp3) is 0.400. The van der Waals surface area contributed by atoms with E-state index >= 15 is 0 Å². The first-order chi connectivity index (χ1) is 11.8. The third-order valence-electron chi connectivity index (χ3n) is 4.78. The Morgan fingerprint density at radius 3 is 2.46 bits per heavy atom. The summed E-state index contributed by atoms with van der Waals surface area (Å²) in [6.45, 7) is 4.22. The Hall–Kier alpha value is -2.38. The first-order valence-corrected chi connectivity index (χ1v) is 8.70. The molecule has 0 bridgehead atoms. The van der Waals surface area contributed by atoms with E-state index in [1.807, 2.05) is 36.7 Å². The van der Waals surface area contributed by atoms with E-state index in [4.69, 9.17) is 5.26 Å². The van der Waals surface area contributed by atoms with Crippen molar-refractivity contribution < 1.29 is 0 Å². The lowest BCUT2D eigenvalue weighted by Gasteiger charge is -2.33. The summed E-state index contributed by atoms with van der Waals surface area (Å²) in [5.74, 6) is 0.816. The minimum absolute atomic E-state index is 0.722. The monoisotopic (exact) mass is 320 g/mol. The van der Waals surface area contributed by atoms with Crippen molar-refractivity contribution in [3.05, 3.63) is 59.9 Å². The van der Waals surface area contributed by atoms with Crippen LogP contribution in [0.15, 0.2) is 48.8 Å². The van der Waals surface area contributed by atoms with E-state index in [-0.39, 0.29) is 0 Å². The second-order valence-corrected chi connectivity index (χ2v) is 6.41. The molecule has 2 heterocycles. The molecule has 1 aliphatic heterocycles. The SMILES string of the molecule is N#Cc1ccc(CNCCC2CCN(c3ccncc3)CC2)cc1. The molecule has 3 rings (SSSR count). The first-order valence-electron chi connectivity index (χ1n) is 8.70. The summed E-state index contributed by atoms with van der Waals surface area (Å²) in [6.07, 6.45) is 7.51. The summed E-state index contributed by atoms with van der Waals surface area (Å²) in [5.41, 5.74) is 3.25. The Kier molecular flexibility index (Phi) is 5.81. The average Bonchev–Trinajstić information content (AvgIpc) is 2.67. The summed E-state index contributed by atoms with van der Waals surface area (Å²) in [4.78, 5) is 6.55. The molecule has 0 spiro atoms. The van der Waals surface area contributed by atoms with Crippen molar-refractivity contribution in [2.24, 2.45) is 5.92 Å². The maximum absolute atomic E-state index is 8.81. The Morgan fingerprint density at radius 2 is 1.79 bits per heavy atom. The van der Waals surface area contributed by atoms with Gasteiger partial charge in [-0.25, -0.2) is 0 Å². The standard InChI is InChI=1S/C20H24N4/c21-15-18-1-3-19(4-2-18)16-23-10-5-17-8-13-24(14-9-17)20-6-11-22-12-7-20/h1-4,6-7,11-12,17,23H,5,8-10,13-14,16H2.